The molecule has 1 N–H and O–H groups in total. The summed E-state index contributed by atoms with van der Waals surface area (Å²) in [6.45, 7) is 0. The summed E-state index contributed by atoms with van der Waals surface area (Å²) in [5, 5.41) is 11.5. The highest BCUT2D eigenvalue weighted by atomic mass is 35.5. The molecule has 8 heteroatoms. The first kappa shape index (κ1) is 17.0. The van der Waals surface area contributed by atoms with Gasteiger partial charge in [-0.25, -0.2) is 4.39 Å². The smallest absolute Gasteiger partial charge is 0.236 e. The van der Waals surface area contributed by atoms with Crippen molar-refractivity contribution < 1.29 is 9.18 Å². The Morgan fingerprint density at radius 3 is 2.50 bits per heavy atom. The fourth-order valence-electron chi connectivity index (χ4n) is 2.05. The van der Waals surface area contributed by atoms with Crippen LogP contribution in [0.4, 0.5) is 4.39 Å². The van der Waals surface area contributed by atoms with Crippen LogP contribution in [0.2, 0.25) is 10.0 Å². The zero-order valence-corrected chi connectivity index (χ0v) is 14.4. The summed E-state index contributed by atoms with van der Waals surface area (Å²) in [7, 11) is 0. The number of nitrogens with one attached hydrogen (secondary N) is 1. The minimum Gasteiger partial charge on any atom is -0.303 e. The SMILES string of the molecule is O=C1CSC(=NN=Cc2ccc(-c3cc(Cl)cc(Cl)c3)cc2F)N1. The summed E-state index contributed by atoms with van der Waals surface area (Å²) in [6.07, 6.45) is 1.29. The topological polar surface area (TPSA) is 53.8 Å². The third-order valence-corrected chi connectivity index (χ3v) is 4.43. The lowest BCUT2D eigenvalue weighted by Gasteiger charge is -2.05. The summed E-state index contributed by atoms with van der Waals surface area (Å²) in [5.41, 5.74) is 1.66. The molecule has 0 aliphatic carbocycles. The largest absolute Gasteiger partial charge is 0.303 e. The standard InChI is InChI=1S/C16H10Cl2FN3OS/c17-12-3-11(4-13(18)6-12)9-1-2-10(14(19)5-9)7-20-22-16-21-15(23)8-24-16/h1-7H,8H2,(H,21,22,23). The Morgan fingerprint density at radius 1 is 1.12 bits per heavy atom. The number of amides is 1. The molecular formula is C16H10Cl2FN3OS. The van der Waals surface area contributed by atoms with Gasteiger partial charge in [0.05, 0.1) is 12.0 Å². The Kier molecular flexibility index (Phi) is 5.18. The van der Waals surface area contributed by atoms with Gasteiger partial charge < -0.3 is 5.32 Å². The summed E-state index contributed by atoms with van der Waals surface area (Å²) >= 11 is 13.2. The molecule has 4 nitrogen and oxygen atoms in total. The van der Waals surface area contributed by atoms with Crippen LogP contribution in [0.15, 0.2) is 46.6 Å². The van der Waals surface area contributed by atoms with Crippen LogP contribution in [-0.4, -0.2) is 23.0 Å². The first-order valence-corrected chi connectivity index (χ1v) is 8.55. The van der Waals surface area contributed by atoms with E-state index < -0.39 is 5.82 Å². The number of nitrogens with zero attached hydrogens (tertiary/aromatic N) is 2. The van der Waals surface area contributed by atoms with Crippen molar-refractivity contribution in [1.29, 1.82) is 0 Å². The van der Waals surface area contributed by atoms with Crippen LogP contribution in [0, 0.1) is 5.82 Å². The predicted octanol–water partition coefficient (Wildman–Crippen LogP) is 4.35. The lowest BCUT2D eigenvalue weighted by molar-refractivity contribution is -0.116. The number of halogens is 3. The third kappa shape index (κ3) is 4.14. The molecular weight excluding hydrogens is 372 g/mol. The van der Waals surface area contributed by atoms with E-state index in [1.807, 2.05) is 0 Å². The van der Waals surface area contributed by atoms with Crippen molar-refractivity contribution in [2.45, 2.75) is 0 Å². The second-order valence-corrected chi connectivity index (χ2v) is 6.72. The van der Waals surface area contributed by atoms with Crippen LogP contribution in [-0.2, 0) is 4.79 Å². The molecule has 0 saturated carbocycles. The van der Waals surface area contributed by atoms with Gasteiger partial charge in [-0.3, -0.25) is 4.79 Å². The van der Waals surface area contributed by atoms with Crippen LogP contribution < -0.4 is 5.32 Å². The van der Waals surface area contributed by atoms with Gasteiger partial charge in [-0.2, -0.15) is 5.10 Å². The van der Waals surface area contributed by atoms with Gasteiger partial charge >= 0.3 is 0 Å². The van der Waals surface area contributed by atoms with Crippen molar-refractivity contribution in [3.8, 4) is 11.1 Å². The summed E-state index contributed by atoms with van der Waals surface area (Å²) in [4.78, 5) is 11.0. The average Bonchev–Trinajstić information content (AvgIpc) is 2.93. The maximum atomic E-state index is 14.2. The Hall–Kier alpha value is -1.89. The number of rotatable bonds is 3. The molecule has 1 heterocycles. The van der Waals surface area contributed by atoms with Crippen molar-refractivity contribution in [3.05, 3.63) is 57.8 Å². The molecule has 0 bridgehead atoms. The van der Waals surface area contributed by atoms with Gasteiger partial charge in [0.15, 0.2) is 5.17 Å². The Labute approximate surface area is 151 Å². The van der Waals surface area contributed by atoms with E-state index in [4.69, 9.17) is 23.2 Å². The fourth-order valence-corrected chi connectivity index (χ4v) is 3.21. The molecule has 0 atom stereocenters. The van der Waals surface area contributed by atoms with E-state index in [-0.39, 0.29) is 11.5 Å². The van der Waals surface area contributed by atoms with Gasteiger partial charge in [-0.05, 0) is 41.5 Å². The zero-order valence-electron chi connectivity index (χ0n) is 12.1. The molecule has 2 aromatic carbocycles. The number of thioether (sulfide) groups is 1. The molecule has 122 valence electrons. The second-order valence-electron chi connectivity index (χ2n) is 4.88. The third-order valence-electron chi connectivity index (χ3n) is 3.13. The van der Waals surface area contributed by atoms with Gasteiger partial charge in [0.1, 0.15) is 5.82 Å². The number of carbonyl (C=O) groups excluding carboxylic acids is 1. The molecule has 2 aromatic rings. The number of amidine groups is 1. The van der Waals surface area contributed by atoms with Crippen LogP contribution in [0.5, 0.6) is 0 Å². The van der Waals surface area contributed by atoms with Crippen molar-refractivity contribution in [3.63, 3.8) is 0 Å². The van der Waals surface area contributed by atoms with E-state index in [0.717, 1.165) is 5.56 Å². The highest BCUT2D eigenvalue weighted by molar-refractivity contribution is 8.15. The number of hydrogen-bond acceptors (Lipinski definition) is 4. The van der Waals surface area contributed by atoms with Crippen LogP contribution in [0.1, 0.15) is 5.56 Å². The normalized spacial score (nSPS) is 16.1. The molecule has 1 aliphatic heterocycles. The quantitative estimate of drug-likeness (QED) is 0.634. The molecule has 1 amide bonds. The molecule has 1 aliphatic rings. The molecule has 3 rings (SSSR count). The van der Waals surface area contributed by atoms with Crippen LogP contribution in [0.3, 0.4) is 0 Å². The lowest BCUT2D eigenvalue weighted by atomic mass is 10.0. The highest BCUT2D eigenvalue weighted by Crippen LogP contribution is 2.28. The van der Waals surface area contributed by atoms with E-state index in [9.17, 15) is 9.18 Å². The maximum Gasteiger partial charge on any atom is 0.236 e. The van der Waals surface area contributed by atoms with E-state index in [2.05, 4.69) is 15.5 Å². The summed E-state index contributed by atoms with van der Waals surface area (Å²) < 4.78 is 14.2. The van der Waals surface area contributed by atoms with Crippen molar-refractivity contribution >= 4 is 52.3 Å². The Morgan fingerprint density at radius 2 is 1.88 bits per heavy atom. The average molecular weight is 382 g/mol. The molecule has 0 radical (unpaired) electrons. The molecule has 0 unspecified atom stereocenters. The molecule has 24 heavy (non-hydrogen) atoms. The van der Waals surface area contributed by atoms with Crippen molar-refractivity contribution in [2.75, 3.05) is 5.75 Å². The molecule has 0 spiro atoms. The number of benzene rings is 2. The van der Waals surface area contributed by atoms with Gasteiger partial charge in [-0.1, -0.05) is 41.0 Å². The van der Waals surface area contributed by atoms with E-state index in [0.29, 0.717) is 26.5 Å². The Balaban J connectivity index is 1.81. The van der Waals surface area contributed by atoms with Gasteiger partial charge in [-0.15, -0.1) is 5.10 Å². The predicted molar refractivity (Wildman–Crippen MR) is 97.5 cm³/mol. The van der Waals surface area contributed by atoms with Gasteiger partial charge in [0.2, 0.25) is 5.91 Å². The van der Waals surface area contributed by atoms with E-state index in [1.165, 1.54) is 24.0 Å². The Bertz CT molecular complexity index is 850. The van der Waals surface area contributed by atoms with Crippen molar-refractivity contribution in [1.82, 2.24) is 5.32 Å². The first-order valence-electron chi connectivity index (χ1n) is 6.81. The minimum atomic E-state index is -0.448. The van der Waals surface area contributed by atoms with Gasteiger partial charge in [0, 0.05) is 15.6 Å². The molecule has 1 fully saturated rings. The minimum absolute atomic E-state index is 0.121. The first-order chi connectivity index (χ1) is 11.5. The van der Waals surface area contributed by atoms with Gasteiger partial charge in [0.25, 0.3) is 0 Å². The second kappa shape index (κ2) is 7.34. The summed E-state index contributed by atoms with van der Waals surface area (Å²) in [5.74, 6) is -0.250. The highest BCUT2D eigenvalue weighted by Gasteiger charge is 2.16. The lowest BCUT2D eigenvalue weighted by Crippen LogP contribution is -2.19. The summed E-state index contributed by atoms with van der Waals surface area (Å²) in [6, 6.07) is 9.74. The zero-order chi connectivity index (χ0) is 17.1. The van der Waals surface area contributed by atoms with Crippen molar-refractivity contribution in [2.24, 2.45) is 10.2 Å². The number of hydrogen-bond donors (Lipinski definition) is 1. The van der Waals surface area contributed by atoms with Crippen LogP contribution >= 0.6 is 35.0 Å². The van der Waals surface area contributed by atoms with Crippen LogP contribution in [0.25, 0.3) is 11.1 Å². The molecule has 0 aromatic heterocycles. The fraction of sp³-hybridized carbons (Fsp3) is 0.0625. The monoisotopic (exact) mass is 381 g/mol. The van der Waals surface area contributed by atoms with E-state index >= 15 is 0 Å². The number of carbonyl (C=O) groups is 1. The van der Waals surface area contributed by atoms with E-state index in [1.54, 1.807) is 30.3 Å². The molecule has 1 saturated heterocycles. The maximum absolute atomic E-state index is 14.2.